The molecule has 0 spiro atoms. The van der Waals surface area contributed by atoms with Gasteiger partial charge in [-0.15, -0.1) is 0 Å². The van der Waals surface area contributed by atoms with Gasteiger partial charge in [-0.1, -0.05) is 135 Å². The van der Waals surface area contributed by atoms with Gasteiger partial charge in [-0.2, -0.15) is 0 Å². The van der Waals surface area contributed by atoms with Gasteiger partial charge in [0.1, 0.15) is 0 Å². The van der Waals surface area contributed by atoms with Gasteiger partial charge in [0.2, 0.25) is 9.84 Å². The second-order valence-corrected chi connectivity index (χ2v) is 13.8. The normalized spacial score (nSPS) is 17.4. The summed E-state index contributed by atoms with van der Waals surface area (Å²) < 4.78 is 26.9. The molecular weight excluding hydrogens is 548 g/mol. The van der Waals surface area contributed by atoms with Crippen molar-refractivity contribution in [3.8, 4) is 0 Å². The molecule has 0 aliphatic heterocycles. The molecule has 4 aromatic rings. The molecule has 0 bridgehead atoms. The number of hydrogen-bond donors (Lipinski definition) is 0. The lowest BCUT2D eigenvalue weighted by atomic mass is 9.67. The van der Waals surface area contributed by atoms with Crippen molar-refractivity contribution in [2.24, 2.45) is 5.41 Å². The third-order valence-corrected chi connectivity index (χ3v) is 10.3. The van der Waals surface area contributed by atoms with Crippen LogP contribution in [0.4, 0.5) is 0 Å². The van der Waals surface area contributed by atoms with Crippen molar-refractivity contribution in [2.45, 2.75) is 38.0 Å². The fourth-order valence-electron chi connectivity index (χ4n) is 6.14. The first-order valence-corrected chi connectivity index (χ1v) is 16.0. The van der Waals surface area contributed by atoms with E-state index in [9.17, 15) is 13.2 Å². The third kappa shape index (κ3) is 5.51. The molecule has 0 radical (unpaired) electrons. The molecule has 2 aliphatic carbocycles. The maximum absolute atomic E-state index is 14.1. The summed E-state index contributed by atoms with van der Waals surface area (Å²) in [4.78, 5) is 14.6. The minimum atomic E-state index is -3.71. The second-order valence-electron chi connectivity index (χ2n) is 11.9. The maximum Gasteiger partial charge on any atom is 0.206 e. The SMILES string of the molecule is Cc1ccc(C2=Cc3ccccc3C2C(C)(C)C(=O)c2ccc(S(=O)(=O)C3=CCC(=Cc4ccccc4)C=C3)cc2)cc1. The number of ketones is 1. The first-order valence-electron chi connectivity index (χ1n) is 14.6. The zero-order valence-corrected chi connectivity index (χ0v) is 25.4. The van der Waals surface area contributed by atoms with Crippen molar-refractivity contribution in [3.63, 3.8) is 0 Å². The number of rotatable bonds is 7. The van der Waals surface area contributed by atoms with E-state index in [1.165, 1.54) is 5.56 Å². The van der Waals surface area contributed by atoms with Crippen LogP contribution in [-0.2, 0) is 9.84 Å². The highest BCUT2D eigenvalue weighted by Crippen LogP contribution is 2.52. The Labute approximate surface area is 254 Å². The Bertz CT molecular complexity index is 1920. The molecule has 0 saturated carbocycles. The summed E-state index contributed by atoms with van der Waals surface area (Å²) in [5.74, 6) is -0.165. The van der Waals surface area contributed by atoms with E-state index in [1.54, 1.807) is 36.4 Å². The molecule has 0 N–H and O–H groups in total. The smallest absolute Gasteiger partial charge is 0.206 e. The third-order valence-electron chi connectivity index (χ3n) is 8.51. The van der Waals surface area contributed by atoms with Gasteiger partial charge in [0, 0.05) is 16.9 Å². The molecule has 4 heteroatoms. The summed E-state index contributed by atoms with van der Waals surface area (Å²) >= 11 is 0. The standard InChI is InChI=1S/C39H34O3S/c1-27-13-17-30(18-14-27)36-26-32-11-7-8-12-35(32)37(36)39(2,3)38(40)31-19-23-34(24-20-31)43(41,42)33-21-15-29(16-22-33)25-28-9-5-4-6-10-28/h4-15,17-26,37H,16H2,1-3H3. The lowest BCUT2D eigenvalue weighted by molar-refractivity contribution is 0.0824. The minimum absolute atomic E-state index is 0.0244. The van der Waals surface area contributed by atoms with Crippen molar-refractivity contribution >= 4 is 33.3 Å². The Balaban J connectivity index is 1.25. The molecule has 6 rings (SSSR count). The molecular formula is C39H34O3S. The fourth-order valence-corrected chi connectivity index (χ4v) is 7.45. The van der Waals surface area contributed by atoms with Crippen LogP contribution in [0.1, 0.15) is 64.4 Å². The molecule has 2 aliphatic rings. The van der Waals surface area contributed by atoms with Gasteiger partial charge in [0.05, 0.1) is 9.80 Å². The van der Waals surface area contributed by atoms with Crippen LogP contribution < -0.4 is 0 Å². The van der Waals surface area contributed by atoms with E-state index in [0.717, 1.165) is 33.4 Å². The average molecular weight is 583 g/mol. The van der Waals surface area contributed by atoms with Gasteiger partial charge in [0.25, 0.3) is 0 Å². The Hall–Kier alpha value is -4.54. The highest BCUT2D eigenvalue weighted by Gasteiger charge is 2.43. The largest absolute Gasteiger partial charge is 0.294 e. The molecule has 0 heterocycles. The highest BCUT2D eigenvalue weighted by molar-refractivity contribution is 7.95. The number of benzene rings is 4. The van der Waals surface area contributed by atoms with Crippen molar-refractivity contribution in [1.29, 1.82) is 0 Å². The van der Waals surface area contributed by atoms with Gasteiger partial charge >= 0.3 is 0 Å². The Morgan fingerprint density at radius 1 is 0.814 bits per heavy atom. The molecule has 1 unspecified atom stereocenters. The predicted octanol–water partition coefficient (Wildman–Crippen LogP) is 9.24. The lowest BCUT2D eigenvalue weighted by Gasteiger charge is -2.33. The van der Waals surface area contributed by atoms with Gasteiger partial charge in [0.15, 0.2) is 5.78 Å². The number of fused-ring (bicyclic) bond motifs is 1. The lowest BCUT2D eigenvalue weighted by Crippen LogP contribution is -2.31. The Morgan fingerprint density at radius 2 is 1.49 bits per heavy atom. The molecule has 0 saturated heterocycles. The van der Waals surface area contributed by atoms with E-state index in [0.29, 0.717) is 12.0 Å². The molecule has 4 aromatic carbocycles. The van der Waals surface area contributed by atoms with Crippen LogP contribution >= 0.6 is 0 Å². The number of carbonyl (C=O) groups is 1. The van der Waals surface area contributed by atoms with Gasteiger partial charge < -0.3 is 0 Å². The molecule has 43 heavy (non-hydrogen) atoms. The zero-order valence-electron chi connectivity index (χ0n) is 24.6. The Kier molecular flexibility index (Phi) is 7.49. The molecule has 1 atom stereocenters. The second kappa shape index (κ2) is 11.3. The first-order chi connectivity index (χ1) is 20.6. The van der Waals surface area contributed by atoms with Gasteiger partial charge in [-0.05, 0) is 65.0 Å². The van der Waals surface area contributed by atoms with Crippen molar-refractivity contribution in [1.82, 2.24) is 0 Å². The number of Topliss-reactive ketones (excluding diaryl/α,β-unsaturated/α-hetero) is 1. The summed E-state index contributed by atoms with van der Waals surface area (Å²) in [6, 6.07) is 33.1. The van der Waals surface area contributed by atoms with Crippen LogP contribution in [0.2, 0.25) is 0 Å². The van der Waals surface area contributed by atoms with Crippen molar-refractivity contribution in [3.05, 3.63) is 165 Å². The quantitative estimate of drug-likeness (QED) is 0.204. The fraction of sp³-hybridized carbons (Fsp3) is 0.154. The van der Waals surface area contributed by atoms with E-state index in [2.05, 4.69) is 55.5 Å². The highest BCUT2D eigenvalue weighted by atomic mass is 32.2. The summed E-state index contributed by atoms with van der Waals surface area (Å²) in [6.45, 7) is 6.05. The van der Waals surface area contributed by atoms with Gasteiger partial charge in [-0.3, -0.25) is 4.79 Å². The van der Waals surface area contributed by atoms with E-state index in [1.807, 2.05) is 62.4 Å². The van der Waals surface area contributed by atoms with Crippen LogP contribution in [0, 0.1) is 12.3 Å². The van der Waals surface area contributed by atoms with Crippen molar-refractivity contribution < 1.29 is 13.2 Å². The zero-order chi connectivity index (χ0) is 30.2. The number of aryl methyl sites for hydroxylation is 1. The molecule has 0 amide bonds. The minimum Gasteiger partial charge on any atom is -0.294 e. The molecule has 0 aromatic heterocycles. The topological polar surface area (TPSA) is 51.2 Å². The number of sulfone groups is 1. The van der Waals surface area contributed by atoms with E-state index < -0.39 is 15.3 Å². The summed E-state index contributed by atoms with van der Waals surface area (Å²) in [6.07, 6.45) is 10.1. The summed E-state index contributed by atoms with van der Waals surface area (Å²) in [5, 5.41) is 0. The van der Waals surface area contributed by atoms with Crippen LogP contribution in [-0.4, -0.2) is 14.2 Å². The van der Waals surface area contributed by atoms with Gasteiger partial charge in [-0.25, -0.2) is 8.42 Å². The monoisotopic (exact) mass is 582 g/mol. The van der Waals surface area contributed by atoms with E-state index in [-0.39, 0.29) is 21.5 Å². The average Bonchev–Trinajstić information content (AvgIpc) is 3.42. The summed E-state index contributed by atoms with van der Waals surface area (Å²) in [7, 11) is -3.71. The van der Waals surface area contributed by atoms with Crippen LogP contribution in [0.25, 0.3) is 17.7 Å². The Morgan fingerprint density at radius 3 is 2.16 bits per heavy atom. The van der Waals surface area contributed by atoms with Crippen LogP contribution in [0.15, 0.2) is 137 Å². The molecule has 0 fully saturated rings. The number of hydrogen-bond acceptors (Lipinski definition) is 3. The van der Waals surface area contributed by atoms with Crippen LogP contribution in [0.3, 0.4) is 0 Å². The first kappa shape index (κ1) is 28.6. The van der Waals surface area contributed by atoms with E-state index >= 15 is 0 Å². The number of allylic oxidation sites excluding steroid dienone is 5. The van der Waals surface area contributed by atoms with E-state index in [4.69, 9.17) is 0 Å². The van der Waals surface area contributed by atoms with Crippen molar-refractivity contribution in [2.75, 3.05) is 0 Å². The predicted molar refractivity (Wildman–Crippen MR) is 176 cm³/mol. The summed E-state index contributed by atoms with van der Waals surface area (Å²) in [5.41, 5.74) is 7.50. The van der Waals surface area contributed by atoms with Crippen LogP contribution in [0.5, 0.6) is 0 Å². The maximum atomic E-state index is 14.1. The number of carbonyl (C=O) groups excluding carboxylic acids is 1. The molecule has 214 valence electrons. The molecule has 3 nitrogen and oxygen atoms in total.